The molecule has 0 radical (unpaired) electrons. The molecule has 0 bridgehead atoms. The van der Waals surface area contributed by atoms with Crippen LogP contribution in [0.5, 0.6) is 0 Å². The van der Waals surface area contributed by atoms with E-state index in [9.17, 15) is 14.3 Å². The predicted molar refractivity (Wildman–Crippen MR) is 93.1 cm³/mol. The van der Waals surface area contributed by atoms with E-state index in [0.717, 1.165) is 8.66 Å². The highest BCUT2D eigenvalue weighted by Gasteiger charge is 2.22. The number of carbonyl (C=O) groups is 1. The molecule has 7 heteroatoms. The summed E-state index contributed by atoms with van der Waals surface area (Å²) in [6.45, 7) is 6.67. The Labute approximate surface area is 147 Å². The van der Waals surface area contributed by atoms with Gasteiger partial charge in [-0.25, -0.2) is 9.78 Å². The van der Waals surface area contributed by atoms with Gasteiger partial charge in [0.25, 0.3) is 0 Å². The van der Waals surface area contributed by atoms with Crippen LogP contribution in [0.4, 0.5) is 9.18 Å². The first-order chi connectivity index (χ1) is 10.7. The van der Waals surface area contributed by atoms with Gasteiger partial charge in [-0.15, -0.1) is 11.3 Å². The number of thiophene rings is 1. The molecule has 23 heavy (non-hydrogen) atoms. The van der Waals surface area contributed by atoms with E-state index in [-0.39, 0.29) is 12.0 Å². The fourth-order valence-corrected chi connectivity index (χ4v) is 4.08. The summed E-state index contributed by atoms with van der Waals surface area (Å²) in [5.41, 5.74) is 0.960. The van der Waals surface area contributed by atoms with Crippen molar-refractivity contribution in [1.29, 1.82) is 0 Å². The molecule has 4 nitrogen and oxygen atoms in total. The zero-order chi connectivity index (χ0) is 17.2. The fourth-order valence-electron chi connectivity index (χ4n) is 2.22. The van der Waals surface area contributed by atoms with E-state index in [2.05, 4.69) is 20.9 Å². The molecule has 2 aromatic rings. The number of nitrogens with zero attached hydrogens (tertiary/aromatic N) is 2. The van der Waals surface area contributed by atoms with Crippen molar-refractivity contribution in [3.8, 4) is 11.1 Å². The van der Waals surface area contributed by atoms with Crippen molar-refractivity contribution in [3.63, 3.8) is 0 Å². The minimum absolute atomic E-state index is 0.134. The van der Waals surface area contributed by atoms with Gasteiger partial charge in [-0.2, -0.15) is 4.39 Å². The Balaban J connectivity index is 2.27. The van der Waals surface area contributed by atoms with Crippen molar-refractivity contribution in [2.45, 2.75) is 27.3 Å². The summed E-state index contributed by atoms with van der Waals surface area (Å²) in [5, 5.41) is 9.38. The van der Waals surface area contributed by atoms with E-state index in [1.807, 2.05) is 26.8 Å². The molecule has 0 aromatic carbocycles. The summed E-state index contributed by atoms with van der Waals surface area (Å²) in [6.07, 6.45) is 0.439. The van der Waals surface area contributed by atoms with Gasteiger partial charge in [-0.1, -0.05) is 20.8 Å². The molecular weight excluding hydrogens is 383 g/mol. The Morgan fingerprint density at radius 3 is 2.70 bits per heavy atom. The van der Waals surface area contributed by atoms with Gasteiger partial charge in [0.05, 0.1) is 10.3 Å². The third-order valence-corrected chi connectivity index (χ3v) is 4.89. The molecule has 0 atom stereocenters. The SMILES string of the molecule is CC(C)(C)CN(Cc1cc(-c2cccnc2F)c(Br)s1)C(=O)O. The van der Waals surface area contributed by atoms with Crippen LogP contribution in [0, 0.1) is 11.4 Å². The van der Waals surface area contributed by atoms with Crippen molar-refractivity contribution >= 4 is 33.4 Å². The predicted octanol–water partition coefficient (Wildman–Crippen LogP) is 5.24. The second kappa shape index (κ2) is 6.97. The monoisotopic (exact) mass is 400 g/mol. The Hall–Kier alpha value is -1.47. The topological polar surface area (TPSA) is 53.4 Å². The van der Waals surface area contributed by atoms with Crippen molar-refractivity contribution in [2.75, 3.05) is 6.54 Å². The van der Waals surface area contributed by atoms with Crippen molar-refractivity contribution < 1.29 is 14.3 Å². The Morgan fingerprint density at radius 2 is 2.13 bits per heavy atom. The van der Waals surface area contributed by atoms with Gasteiger partial charge in [0.2, 0.25) is 5.95 Å². The largest absolute Gasteiger partial charge is 0.465 e. The number of aromatic nitrogens is 1. The highest BCUT2D eigenvalue weighted by atomic mass is 79.9. The molecule has 0 unspecified atom stereocenters. The summed E-state index contributed by atoms with van der Waals surface area (Å²) >= 11 is 4.84. The lowest BCUT2D eigenvalue weighted by atomic mass is 9.96. The van der Waals surface area contributed by atoms with Crippen LogP contribution in [-0.2, 0) is 6.54 Å². The van der Waals surface area contributed by atoms with Crippen LogP contribution >= 0.6 is 27.3 Å². The summed E-state index contributed by atoms with van der Waals surface area (Å²) in [6, 6.07) is 5.14. The molecule has 1 amide bonds. The van der Waals surface area contributed by atoms with Crippen LogP contribution in [0.3, 0.4) is 0 Å². The standard InChI is InChI=1S/C16H18BrFN2O2S/c1-16(2,3)9-20(15(21)22)8-10-7-12(13(17)23-10)11-5-4-6-19-14(11)18/h4-7H,8-9H2,1-3H3,(H,21,22). The Morgan fingerprint density at radius 1 is 1.43 bits per heavy atom. The highest BCUT2D eigenvalue weighted by molar-refractivity contribution is 9.11. The molecule has 0 fully saturated rings. The van der Waals surface area contributed by atoms with E-state index in [1.54, 1.807) is 12.1 Å². The number of pyridine rings is 1. The molecule has 2 aromatic heterocycles. The number of amides is 1. The average molecular weight is 401 g/mol. The summed E-state index contributed by atoms with van der Waals surface area (Å²) < 4.78 is 14.6. The van der Waals surface area contributed by atoms with Crippen LogP contribution in [0.1, 0.15) is 25.6 Å². The first-order valence-electron chi connectivity index (χ1n) is 7.04. The van der Waals surface area contributed by atoms with Gasteiger partial charge in [-0.3, -0.25) is 0 Å². The van der Waals surface area contributed by atoms with Gasteiger partial charge in [0, 0.05) is 28.7 Å². The van der Waals surface area contributed by atoms with Crippen LogP contribution in [-0.4, -0.2) is 27.6 Å². The third-order valence-electron chi connectivity index (χ3n) is 3.07. The molecule has 0 aliphatic heterocycles. The van der Waals surface area contributed by atoms with Crippen LogP contribution in [0.15, 0.2) is 28.2 Å². The molecule has 2 rings (SSSR count). The van der Waals surface area contributed by atoms with Gasteiger partial charge < -0.3 is 10.0 Å². The smallest absolute Gasteiger partial charge is 0.407 e. The average Bonchev–Trinajstić information content (AvgIpc) is 2.77. The Bertz CT molecular complexity index is 712. The second-order valence-electron chi connectivity index (χ2n) is 6.44. The van der Waals surface area contributed by atoms with E-state index < -0.39 is 12.0 Å². The van der Waals surface area contributed by atoms with Crippen LogP contribution in [0.2, 0.25) is 0 Å². The molecule has 2 heterocycles. The first kappa shape index (κ1) is 17.9. The second-order valence-corrected chi connectivity index (χ2v) is 8.90. The van der Waals surface area contributed by atoms with Crippen LogP contribution < -0.4 is 0 Å². The van der Waals surface area contributed by atoms with Gasteiger partial charge in [0.1, 0.15) is 0 Å². The lowest BCUT2D eigenvalue weighted by Crippen LogP contribution is -2.36. The molecule has 0 saturated carbocycles. The maximum Gasteiger partial charge on any atom is 0.407 e. The number of rotatable bonds is 4. The minimum atomic E-state index is -0.960. The van der Waals surface area contributed by atoms with E-state index in [1.165, 1.54) is 22.4 Å². The Kier molecular flexibility index (Phi) is 5.41. The van der Waals surface area contributed by atoms with E-state index in [0.29, 0.717) is 17.7 Å². The van der Waals surface area contributed by atoms with Crippen molar-refractivity contribution in [3.05, 3.63) is 39.0 Å². The maximum absolute atomic E-state index is 13.8. The van der Waals surface area contributed by atoms with Gasteiger partial charge >= 0.3 is 6.09 Å². The zero-order valence-corrected chi connectivity index (χ0v) is 15.5. The van der Waals surface area contributed by atoms with Gasteiger partial charge in [0.15, 0.2) is 0 Å². The number of hydrogen-bond donors (Lipinski definition) is 1. The molecule has 0 aliphatic rings. The van der Waals surface area contributed by atoms with Crippen molar-refractivity contribution in [1.82, 2.24) is 9.88 Å². The fraction of sp³-hybridized carbons (Fsp3) is 0.375. The quantitative estimate of drug-likeness (QED) is 0.713. The summed E-state index contributed by atoms with van der Waals surface area (Å²) in [4.78, 5) is 17.3. The molecular formula is C16H18BrFN2O2S. The molecule has 1 N–H and O–H groups in total. The van der Waals surface area contributed by atoms with Gasteiger partial charge in [-0.05, 0) is 39.5 Å². The number of hydrogen-bond acceptors (Lipinski definition) is 3. The molecule has 0 saturated heterocycles. The van der Waals surface area contributed by atoms with Crippen molar-refractivity contribution in [2.24, 2.45) is 5.41 Å². The normalized spacial score (nSPS) is 11.5. The molecule has 0 aliphatic carbocycles. The summed E-state index contributed by atoms with van der Waals surface area (Å²) in [7, 11) is 0. The number of halogens is 2. The zero-order valence-electron chi connectivity index (χ0n) is 13.1. The molecule has 0 spiro atoms. The minimum Gasteiger partial charge on any atom is -0.465 e. The third kappa shape index (κ3) is 4.75. The number of carboxylic acid groups (broad SMARTS) is 1. The molecule has 124 valence electrons. The first-order valence-corrected chi connectivity index (χ1v) is 8.65. The van der Waals surface area contributed by atoms with E-state index >= 15 is 0 Å². The van der Waals surface area contributed by atoms with E-state index in [4.69, 9.17) is 0 Å². The lowest BCUT2D eigenvalue weighted by Gasteiger charge is -2.27. The van der Waals surface area contributed by atoms with Crippen LogP contribution in [0.25, 0.3) is 11.1 Å². The highest BCUT2D eigenvalue weighted by Crippen LogP contribution is 2.37. The maximum atomic E-state index is 13.8. The summed E-state index contributed by atoms with van der Waals surface area (Å²) in [5.74, 6) is -0.540. The lowest BCUT2D eigenvalue weighted by molar-refractivity contribution is 0.123.